The molecule has 3 rings (SSSR count). The first kappa shape index (κ1) is 18.6. The van der Waals surface area contributed by atoms with Crippen LogP contribution in [0.25, 0.3) is 0 Å². The zero-order valence-corrected chi connectivity index (χ0v) is 15.7. The summed E-state index contributed by atoms with van der Waals surface area (Å²) in [5.41, 5.74) is 1.36. The SMILES string of the molecule is CS(=O)(=O)c1ccccc1C(=O)NCC(c1ccccc1)N1CCCC1. The highest BCUT2D eigenvalue weighted by molar-refractivity contribution is 7.90. The second kappa shape index (κ2) is 8.01. The lowest BCUT2D eigenvalue weighted by Gasteiger charge is -2.28. The largest absolute Gasteiger partial charge is 0.350 e. The number of benzene rings is 2. The quantitative estimate of drug-likeness (QED) is 0.847. The highest BCUT2D eigenvalue weighted by atomic mass is 32.2. The van der Waals surface area contributed by atoms with Crippen molar-refractivity contribution >= 4 is 15.7 Å². The van der Waals surface area contributed by atoms with Crippen molar-refractivity contribution in [3.63, 3.8) is 0 Å². The van der Waals surface area contributed by atoms with Crippen LogP contribution in [0.3, 0.4) is 0 Å². The molecule has 0 saturated carbocycles. The molecule has 1 heterocycles. The maximum absolute atomic E-state index is 12.7. The smallest absolute Gasteiger partial charge is 0.252 e. The highest BCUT2D eigenvalue weighted by Gasteiger charge is 2.25. The minimum Gasteiger partial charge on any atom is -0.350 e. The molecule has 6 heteroatoms. The van der Waals surface area contributed by atoms with Crippen molar-refractivity contribution in [3.05, 3.63) is 65.7 Å². The zero-order chi connectivity index (χ0) is 18.6. The summed E-state index contributed by atoms with van der Waals surface area (Å²) in [5.74, 6) is -0.355. The molecule has 2 aromatic rings. The number of nitrogens with one attached hydrogen (secondary N) is 1. The Morgan fingerprint density at radius 1 is 1.04 bits per heavy atom. The van der Waals surface area contributed by atoms with Crippen LogP contribution in [-0.4, -0.2) is 45.1 Å². The summed E-state index contributed by atoms with van der Waals surface area (Å²) < 4.78 is 23.9. The van der Waals surface area contributed by atoms with Gasteiger partial charge in [0.2, 0.25) is 0 Å². The highest BCUT2D eigenvalue weighted by Crippen LogP contribution is 2.24. The van der Waals surface area contributed by atoms with Crippen LogP contribution >= 0.6 is 0 Å². The molecule has 138 valence electrons. The summed E-state index contributed by atoms with van der Waals surface area (Å²) >= 11 is 0. The summed E-state index contributed by atoms with van der Waals surface area (Å²) in [5, 5.41) is 2.94. The molecule has 0 spiro atoms. The third kappa shape index (κ3) is 4.31. The van der Waals surface area contributed by atoms with Gasteiger partial charge in [-0.05, 0) is 43.6 Å². The van der Waals surface area contributed by atoms with Crippen LogP contribution in [0.15, 0.2) is 59.5 Å². The van der Waals surface area contributed by atoms with E-state index in [2.05, 4.69) is 22.3 Å². The van der Waals surface area contributed by atoms with E-state index in [1.807, 2.05) is 18.2 Å². The molecular weight excluding hydrogens is 348 g/mol. The summed E-state index contributed by atoms with van der Waals surface area (Å²) in [6.07, 6.45) is 3.44. The van der Waals surface area contributed by atoms with Crippen LogP contribution in [0.1, 0.15) is 34.8 Å². The lowest BCUT2D eigenvalue weighted by atomic mass is 10.1. The molecule has 1 atom stereocenters. The average molecular weight is 372 g/mol. The van der Waals surface area contributed by atoms with Crippen molar-refractivity contribution in [1.29, 1.82) is 0 Å². The van der Waals surface area contributed by atoms with E-state index in [-0.39, 0.29) is 22.4 Å². The molecule has 1 aliphatic rings. The lowest BCUT2D eigenvalue weighted by Crippen LogP contribution is -2.37. The molecule has 1 saturated heterocycles. The molecular formula is C20H24N2O3S. The van der Waals surface area contributed by atoms with Crippen LogP contribution in [0.4, 0.5) is 0 Å². The standard InChI is InChI=1S/C20H24N2O3S/c1-26(24,25)19-12-6-5-11-17(19)20(23)21-15-18(22-13-7-8-14-22)16-9-3-2-4-10-16/h2-6,9-12,18H,7-8,13-15H2,1H3,(H,21,23). The Bertz CT molecular complexity index is 860. The van der Waals surface area contributed by atoms with Gasteiger partial charge < -0.3 is 5.32 Å². The topological polar surface area (TPSA) is 66.5 Å². The Morgan fingerprint density at radius 2 is 1.65 bits per heavy atom. The second-order valence-electron chi connectivity index (χ2n) is 6.65. The van der Waals surface area contributed by atoms with Crippen molar-refractivity contribution in [1.82, 2.24) is 10.2 Å². The monoisotopic (exact) mass is 372 g/mol. The van der Waals surface area contributed by atoms with E-state index in [0.717, 1.165) is 37.8 Å². The van der Waals surface area contributed by atoms with Crippen LogP contribution in [-0.2, 0) is 9.84 Å². The Hall–Kier alpha value is -2.18. The fraction of sp³-hybridized carbons (Fsp3) is 0.350. The van der Waals surface area contributed by atoms with Gasteiger partial charge in [-0.2, -0.15) is 0 Å². The first-order valence-electron chi connectivity index (χ1n) is 8.83. The first-order chi connectivity index (χ1) is 12.5. The minimum atomic E-state index is -3.46. The predicted molar refractivity (Wildman–Crippen MR) is 102 cm³/mol. The van der Waals surface area contributed by atoms with E-state index in [0.29, 0.717) is 6.54 Å². The summed E-state index contributed by atoms with van der Waals surface area (Å²) in [6, 6.07) is 16.5. The van der Waals surface area contributed by atoms with Crippen molar-refractivity contribution in [2.75, 3.05) is 25.9 Å². The maximum atomic E-state index is 12.7. The normalized spacial score (nSPS) is 16.3. The van der Waals surface area contributed by atoms with Crippen LogP contribution < -0.4 is 5.32 Å². The second-order valence-corrected chi connectivity index (χ2v) is 8.63. The van der Waals surface area contributed by atoms with Gasteiger partial charge in [0, 0.05) is 12.8 Å². The van der Waals surface area contributed by atoms with E-state index in [4.69, 9.17) is 0 Å². The van der Waals surface area contributed by atoms with Gasteiger partial charge in [-0.25, -0.2) is 8.42 Å². The molecule has 5 nitrogen and oxygen atoms in total. The van der Waals surface area contributed by atoms with Gasteiger partial charge in [-0.3, -0.25) is 9.69 Å². The number of carbonyl (C=O) groups is 1. The van der Waals surface area contributed by atoms with Crippen LogP contribution in [0.2, 0.25) is 0 Å². The first-order valence-corrected chi connectivity index (χ1v) is 10.7. The minimum absolute atomic E-state index is 0.0648. The maximum Gasteiger partial charge on any atom is 0.252 e. The van der Waals surface area contributed by atoms with Crippen molar-refractivity contribution in [2.45, 2.75) is 23.8 Å². The predicted octanol–water partition coefficient (Wildman–Crippen LogP) is 2.66. The molecule has 1 aliphatic heterocycles. The molecule has 2 aromatic carbocycles. The van der Waals surface area contributed by atoms with Crippen LogP contribution in [0.5, 0.6) is 0 Å². The average Bonchev–Trinajstić information content (AvgIpc) is 3.16. The van der Waals surface area contributed by atoms with E-state index in [1.54, 1.807) is 18.2 Å². The van der Waals surface area contributed by atoms with Gasteiger partial charge in [0.05, 0.1) is 16.5 Å². The van der Waals surface area contributed by atoms with Gasteiger partial charge in [-0.1, -0.05) is 42.5 Å². The molecule has 0 bridgehead atoms. The number of carbonyl (C=O) groups excluding carboxylic acids is 1. The van der Waals surface area contributed by atoms with Gasteiger partial charge in [-0.15, -0.1) is 0 Å². The summed E-state index contributed by atoms with van der Waals surface area (Å²) in [7, 11) is -3.46. The lowest BCUT2D eigenvalue weighted by molar-refractivity contribution is 0.0934. The van der Waals surface area contributed by atoms with E-state index in [9.17, 15) is 13.2 Å². The number of rotatable bonds is 6. The van der Waals surface area contributed by atoms with Gasteiger partial charge in [0.15, 0.2) is 9.84 Å². The Morgan fingerprint density at radius 3 is 2.31 bits per heavy atom. The number of sulfone groups is 1. The molecule has 0 radical (unpaired) electrons. The van der Waals surface area contributed by atoms with Crippen molar-refractivity contribution in [2.24, 2.45) is 0 Å². The number of hydrogen-bond donors (Lipinski definition) is 1. The number of amides is 1. The molecule has 1 fully saturated rings. The fourth-order valence-electron chi connectivity index (χ4n) is 3.45. The molecule has 1 unspecified atom stereocenters. The fourth-order valence-corrected chi connectivity index (χ4v) is 4.33. The van der Waals surface area contributed by atoms with Gasteiger partial charge in [0.1, 0.15) is 0 Å². The third-order valence-corrected chi connectivity index (χ3v) is 5.91. The Labute approximate surface area is 154 Å². The Balaban J connectivity index is 1.79. The molecule has 1 N–H and O–H groups in total. The molecule has 0 aliphatic carbocycles. The number of nitrogens with zero attached hydrogens (tertiary/aromatic N) is 1. The number of hydrogen-bond acceptors (Lipinski definition) is 4. The van der Waals surface area contributed by atoms with Gasteiger partial charge >= 0.3 is 0 Å². The third-order valence-electron chi connectivity index (χ3n) is 4.75. The Kier molecular flexibility index (Phi) is 5.74. The summed E-state index contributed by atoms with van der Waals surface area (Å²) in [6.45, 7) is 2.46. The molecule has 0 aromatic heterocycles. The number of likely N-dealkylation sites (tertiary alicyclic amines) is 1. The van der Waals surface area contributed by atoms with E-state index in [1.165, 1.54) is 6.07 Å². The molecule has 1 amide bonds. The zero-order valence-electron chi connectivity index (χ0n) is 14.9. The molecule has 26 heavy (non-hydrogen) atoms. The van der Waals surface area contributed by atoms with Gasteiger partial charge in [0.25, 0.3) is 5.91 Å². The van der Waals surface area contributed by atoms with E-state index >= 15 is 0 Å². The summed E-state index contributed by atoms with van der Waals surface area (Å²) in [4.78, 5) is 15.1. The van der Waals surface area contributed by atoms with Crippen molar-refractivity contribution < 1.29 is 13.2 Å². The van der Waals surface area contributed by atoms with E-state index < -0.39 is 9.84 Å². The van der Waals surface area contributed by atoms with Crippen LogP contribution in [0, 0.1) is 0 Å². The van der Waals surface area contributed by atoms with Crippen molar-refractivity contribution in [3.8, 4) is 0 Å².